The number of benzene rings is 1. The van der Waals surface area contributed by atoms with Crippen LogP contribution < -0.4 is 4.74 Å². The molecule has 13 heavy (non-hydrogen) atoms. The molecule has 1 aromatic rings. The quantitative estimate of drug-likeness (QED) is 0.569. The van der Waals surface area contributed by atoms with Crippen LogP contribution in [0.5, 0.6) is 5.75 Å². The third kappa shape index (κ3) is 2.63. The average Bonchev–Trinajstić information content (AvgIpc) is 2.18. The van der Waals surface area contributed by atoms with Gasteiger partial charge in [0.1, 0.15) is 0 Å². The summed E-state index contributed by atoms with van der Waals surface area (Å²) in [6, 6.07) is 6.73. The summed E-state index contributed by atoms with van der Waals surface area (Å²) in [5, 5.41) is 0. The Morgan fingerprint density at radius 2 is 2.08 bits per heavy atom. The number of methoxy groups -OCH3 is 1. The Morgan fingerprint density at radius 3 is 2.54 bits per heavy atom. The summed E-state index contributed by atoms with van der Waals surface area (Å²) in [6.45, 7) is 0. The molecule has 66 valence electrons. The van der Waals surface area contributed by atoms with Gasteiger partial charge in [0.2, 0.25) is 0 Å². The second-order valence-corrected chi connectivity index (χ2v) is 2.62. The molecule has 1 amide bonds. The molecule has 0 aliphatic carbocycles. The van der Waals surface area contributed by atoms with Crippen molar-refractivity contribution in [3.8, 4) is 5.75 Å². The molecule has 0 spiro atoms. The average molecular weight is 240 g/mol. The van der Waals surface area contributed by atoms with Crippen LogP contribution in [0.4, 0.5) is 0 Å². The summed E-state index contributed by atoms with van der Waals surface area (Å²) in [7, 11) is 1.57. The molecule has 0 heterocycles. The normalized spacial score (nSPS) is 8.69. The Hall–Kier alpha value is -1.21. The fourth-order valence-electron chi connectivity index (χ4n) is 0.840. The van der Waals surface area contributed by atoms with Crippen molar-refractivity contribution in [1.82, 2.24) is 0 Å². The first-order valence-electron chi connectivity index (χ1n) is 3.54. The van der Waals surface area contributed by atoms with Crippen LogP contribution in [0.15, 0.2) is 29.3 Å². The van der Waals surface area contributed by atoms with Gasteiger partial charge in [0.05, 0.1) is 0 Å². The van der Waals surface area contributed by atoms with Crippen molar-refractivity contribution in [2.45, 2.75) is 0 Å². The topological polar surface area (TPSA) is 38.7 Å². The van der Waals surface area contributed by atoms with Gasteiger partial charge in [0.25, 0.3) is 0 Å². The molecule has 0 atom stereocenters. The van der Waals surface area contributed by atoms with E-state index in [9.17, 15) is 4.79 Å². The second-order valence-electron chi connectivity index (χ2n) is 2.24. The maximum absolute atomic E-state index is 11.2. The SMILES string of the molecule is COc1ccc(C(=O)N=C=[Se])cc1. The number of nitrogens with zero attached hydrogens (tertiary/aromatic N) is 1. The Kier molecular flexibility index (Phi) is 3.59. The van der Waals surface area contributed by atoms with Gasteiger partial charge in [-0.15, -0.1) is 0 Å². The van der Waals surface area contributed by atoms with Crippen molar-refractivity contribution in [3.05, 3.63) is 29.8 Å². The first-order chi connectivity index (χ1) is 6.27. The minimum absolute atomic E-state index is 0.318. The summed E-state index contributed by atoms with van der Waals surface area (Å²) in [4.78, 5) is 14.6. The number of rotatable bonds is 2. The first kappa shape index (κ1) is 9.87. The Labute approximate surface area is 83.8 Å². The van der Waals surface area contributed by atoms with E-state index in [4.69, 9.17) is 4.74 Å². The molecule has 0 aliphatic rings. The summed E-state index contributed by atoms with van der Waals surface area (Å²) in [5.41, 5.74) is 0.517. The molecule has 0 fully saturated rings. The third-order valence-corrected chi connectivity index (χ3v) is 1.68. The van der Waals surface area contributed by atoms with Gasteiger partial charge < -0.3 is 0 Å². The minimum atomic E-state index is -0.318. The van der Waals surface area contributed by atoms with Gasteiger partial charge in [-0.1, -0.05) is 0 Å². The molecule has 1 rings (SSSR count). The van der Waals surface area contributed by atoms with E-state index in [1.807, 2.05) is 0 Å². The molecule has 3 nitrogen and oxygen atoms in total. The molecule has 0 aliphatic heterocycles. The van der Waals surface area contributed by atoms with Gasteiger partial charge in [-0.3, -0.25) is 0 Å². The van der Waals surface area contributed by atoms with E-state index in [1.165, 1.54) is 0 Å². The molecule has 4 heteroatoms. The number of aliphatic imine (C=N–C) groups is 1. The zero-order valence-corrected chi connectivity index (χ0v) is 8.69. The Bertz CT molecular complexity index is 352. The molecule has 0 N–H and O–H groups in total. The maximum atomic E-state index is 11.2. The molecule has 0 bridgehead atoms. The van der Waals surface area contributed by atoms with Crippen LogP contribution in [0.25, 0.3) is 0 Å². The van der Waals surface area contributed by atoms with E-state index in [0.29, 0.717) is 11.3 Å². The first-order valence-corrected chi connectivity index (χ1v) is 4.40. The van der Waals surface area contributed by atoms with Crippen molar-refractivity contribution >= 4 is 26.2 Å². The monoisotopic (exact) mass is 241 g/mol. The third-order valence-electron chi connectivity index (χ3n) is 1.48. The van der Waals surface area contributed by atoms with Crippen LogP contribution in [-0.2, 0) is 0 Å². The second kappa shape index (κ2) is 4.73. The van der Waals surface area contributed by atoms with Crippen molar-refractivity contribution in [3.63, 3.8) is 0 Å². The molecule has 1 aromatic carbocycles. The standard InChI is InChI=1S/C9H7NO2Se/c1-12-8-4-2-7(3-5-8)9(11)10-6-13/h2-5H,1H3. The molecular formula is C9H7NO2Se. The van der Waals surface area contributed by atoms with Gasteiger partial charge in [-0.2, -0.15) is 0 Å². The van der Waals surface area contributed by atoms with Gasteiger partial charge in [-0.25, -0.2) is 0 Å². The summed E-state index contributed by atoms with van der Waals surface area (Å²) >= 11 is 2.40. The molecule has 0 aromatic heterocycles. The number of carbonyl (C=O) groups is 1. The Morgan fingerprint density at radius 1 is 1.46 bits per heavy atom. The predicted molar refractivity (Wildman–Crippen MR) is 50.5 cm³/mol. The number of hydrogen-bond donors (Lipinski definition) is 0. The van der Waals surface area contributed by atoms with Crippen molar-refractivity contribution in [2.24, 2.45) is 4.99 Å². The van der Waals surface area contributed by atoms with E-state index < -0.39 is 0 Å². The number of amides is 1. The summed E-state index contributed by atoms with van der Waals surface area (Å²) in [5.74, 6) is 0.397. The van der Waals surface area contributed by atoms with Gasteiger partial charge in [-0.05, 0) is 0 Å². The van der Waals surface area contributed by atoms with E-state index in [0.717, 1.165) is 0 Å². The Balaban J connectivity index is 2.92. The van der Waals surface area contributed by atoms with E-state index in [2.05, 4.69) is 25.3 Å². The number of hydrogen-bond acceptors (Lipinski definition) is 2. The van der Waals surface area contributed by atoms with Crippen LogP contribution in [0.3, 0.4) is 0 Å². The molecule has 0 radical (unpaired) electrons. The molecule has 0 saturated heterocycles. The van der Waals surface area contributed by atoms with Gasteiger partial charge >= 0.3 is 83.4 Å². The molecule has 0 saturated carbocycles. The zero-order valence-electron chi connectivity index (χ0n) is 6.98. The molecular weight excluding hydrogens is 233 g/mol. The van der Waals surface area contributed by atoms with Crippen LogP contribution >= 0.6 is 0 Å². The van der Waals surface area contributed by atoms with E-state index in [-0.39, 0.29) is 5.91 Å². The van der Waals surface area contributed by atoms with Crippen LogP contribution in [0.1, 0.15) is 10.4 Å². The zero-order chi connectivity index (χ0) is 9.68. The van der Waals surface area contributed by atoms with Crippen LogP contribution in [0, 0.1) is 0 Å². The van der Waals surface area contributed by atoms with Crippen molar-refractivity contribution < 1.29 is 9.53 Å². The summed E-state index contributed by atoms with van der Waals surface area (Å²) < 4.78 is 7.26. The number of ether oxygens (including phenoxy) is 1. The summed E-state index contributed by atoms with van der Waals surface area (Å²) in [6.07, 6.45) is 0. The van der Waals surface area contributed by atoms with E-state index in [1.54, 1.807) is 31.4 Å². The van der Waals surface area contributed by atoms with Crippen molar-refractivity contribution in [2.75, 3.05) is 7.11 Å². The van der Waals surface area contributed by atoms with E-state index >= 15 is 0 Å². The van der Waals surface area contributed by atoms with Crippen LogP contribution in [0.2, 0.25) is 0 Å². The van der Waals surface area contributed by atoms with Crippen molar-refractivity contribution in [1.29, 1.82) is 0 Å². The predicted octanol–water partition coefficient (Wildman–Crippen LogP) is 0.909. The fraction of sp³-hybridized carbons (Fsp3) is 0.111. The van der Waals surface area contributed by atoms with Gasteiger partial charge in [0, 0.05) is 0 Å². The number of carbonyl (C=O) groups excluding carboxylic acids is 1. The van der Waals surface area contributed by atoms with Gasteiger partial charge in [0.15, 0.2) is 0 Å². The molecule has 0 unspecified atom stereocenters. The fourth-order valence-corrected chi connectivity index (χ4v) is 1.01. The van der Waals surface area contributed by atoms with Crippen LogP contribution in [-0.4, -0.2) is 33.3 Å².